The first-order valence-electron chi connectivity index (χ1n) is 8.33. The van der Waals surface area contributed by atoms with Crippen LogP contribution in [0, 0.1) is 5.41 Å². The Hall–Kier alpha value is -0.830. The minimum Gasteiger partial charge on any atom is -0.309 e. The van der Waals surface area contributed by atoms with Gasteiger partial charge in [0.05, 0.1) is 0 Å². The van der Waals surface area contributed by atoms with Crippen LogP contribution in [0.4, 0.5) is 5.69 Å². The normalized spacial score (nSPS) is 19.2. The van der Waals surface area contributed by atoms with Gasteiger partial charge in [-0.2, -0.15) is 0 Å². The lowest BCUT2D eigenvalue weighted by molar-refractivity contribution is -0.126. The molecular formula is C19H28BrNO. The van der Waals surface area contributed by atoms with E-state index in [2.05, 4.69) is 48.0 Å². The van der Waals surface area contributed by atoms with Crippen LogP contribution in [0.15, 0.2) is 18.2 Å². The summed E-state index contributed by atoms with van der Waals surface area (Å²) in [6, 6.07) is 6.88. The molecule has 1 amide bonds. The number of alkyl halides is 1. The van der Waals surface area contributed by atoms with Crippen LogP contribution in [-0.4, -0.2) is 16.8 Å². The van der Waals surface area contributed by atoms with Crippen LogP contribution in [0.3, 0.4) is 0 Å². The molecule has 1 aromatic carbocycles. The Morgan fingerprint density at radius 1 is 1.41 bits per heavy atom. The van der Waals surface area contributed by atoms with E-state index in [0.29, 0.717) is 4.83 Å². The van der Waals surface area contributed by atoms with Crippen molar-refractivity contribution in [3.8, 4) is 0 Å². The number of fused-ring (bicyclic) bond motifs is 1. The Morgan fingerprint density at radius 3 is 2.68 bits per heavy atom. The number of halogens is 1. The first-order chi connectivity index (χ1) is 10.2. The van der Waals surface area contributed by atoms with Crippen LogP contribution in [0.5, 0.6) is 0 Å². The highest BCUT2D eigenvalue weighted by atomic mass is 79.9. The Morgan fingerprint density at radius 2 is 2.09 bits per heavy atom. The lowest BCUT2D eigenvalue weighted by atomic mass is 9.94. The summed E-state index contributed by atoms with van der Waals surface area (Å²) in [6.07, 6.45) is 4.42. The van der Waals surface area contributed by atoms with Gasteiger partial charge in [-0.15, -0.1) is 0 Å². The van der Waals surface area contributed by atoms with Gasteiger partial charge in [0.15, 0.2) is 0 Å². The van der Waals surface area contributed by atoms with Crippen LogP contribution < -0.4 is 4.90 Å². The number of hydrogen-bond acceptors (Lipinski definition) is 1. The Kier molecular flexibility index (Phi) is 5.37. The van der Waals surface area contributed by atoms with E-state index in [1.54, 1.807) is 0 Å². The number of benzene rings is 1. The van der Waals surface area contributed by atoms with Crippen molar-refractivity contribution in [2.75, 3.05) is 4.90 Å². The summed E-state index contributed by atoms with van der Waals surface area (Å²) in [5.41, 5.74) is 3.46. The molecule has 0 bridgehead atoms. The molecule has 0 aliphatic carbocycles. The molecule has 0 N–H and O–H groups in total. The second kappa shape index (κ2) is 6.74. The van der Waals surface area contributed by atoms with E-state index < -0.39 is 0 Å². The van der Waals surface area contributed by atoms with E-state index in [0.717, 1.165) is 18.5 Å². The molecule has 1 heterocycles. The standard InChI is InChI=1S/C19H28BrNO/c1-6-7-16(20)12-14-8-9-17-15(11-14)10-13(2)21(17)18(22)19(3,4)5/h8-9,11,13,16H,6-7,10,12H2,1-5H3. The van der Waals surface area contributed by atoms with E-state index in [9.17, 15) is 4.79 Å². The molecule has 0 saturated heterocycles. The van der Waals surface area contributed by atoms with E-state index in [-0.39, 0.29) is 17.4 Å². The monoisotopic (exact) mass is 365 g/mol. The quantitative estimate of drug-likeness (QED) is 0.678. The molecule has 2 atom stereocenters. The molecule has 122 valence electrons. The molecule has 0 fully saturated rings. The smallest absolute Gasteiger partial charge is 0.232 e. The van der Waals surface area contributed by atoms with E-state index >= 15 is 0 Å². The van der Waals surface area contributed by atoms with Gasteiger partial charge in [0.2, 0.25) is 5.91 Å². The highest BCUT2D eigenvalue weighted by molar-refractivity contribution is 9.09. The maximum absolute atomic E-state index is 12.7. The lowest BCUT2D eigenvalue weighted by Crippen LogP contribution is -2.42. The van der Waals surface area contributed by atoms with Crippen LogP contribution in [-0.2, 0) is 17.6 Å². The van der Waals surface area contributed by atoms with Crippen LogP contribution in [0.25, 0.3) is 0 Å². The fraction of sp³-hybridized carbons (Fsp3) is 0.632. The summed E-state index contributed by atoms with van der Waals surface area (Å²) in [5, 5.41) is 0. The summed E-state index contributed by atoms with van der Waals surface area (Å²) in [6.45, 7) is 10.3. The predicted octanol–water partition coefficient (Wildman–Crippen LogP) is 5.12. The number of amides is 1. The minimum absolute atomic E-state index is 0.218. The molecule has 2 unspecified atom stereocenters. The molecule has 0 saturated carbocycles. The van der Waals surface area contributed by atoms with Gasteiger partial charge in [-0.3, -0.25) is 4.79 Å². The van der Waals surface area contributed by atoms with Crippen molar-refractivity contribution in [2.45, 2.75) is 71.2 Å². The average molecular weight is 366 g/mol. The van der Waals surface area contributed by atoms with Crippen molar-refractivity contribution in [1.29, 1.82) is 0 Å². The van der Waals surface area contributed by atoms with E-state index in [4.69, 9.17) is 0 Å². The Bertz CT molecular complexity index is 547. The third-order valence-corrected chi connectivity index (χ3v) is 5.06. The van der Waals surface area contributed by atoms with Gasteiger partial charge in [-0.25, -0.2) is 0 Å². The summed E-state index contributed by atoms with van der Waals surface area (Å²) >= 11 is 3.76. The van der Waals surface area contributed by atoms with Gasteiger partial charge in [-0.1, -0.05) is 62.2 Å². The molecule has 1 aliphatic rings. The van der Waals surface area contributed by atoms with Crippen molar-refractivity contribution in [1.82, 2.24) is 0 Å². The lowest BCUT2D eigenvalue weighted by Gasteiger charge is -2.30. The molecule has 3 heteroatoms. The molecular weight excluding hydrogens is 338 g/mol. The summed E-state index contributed by atoms with van der Waals surface area (Å²) in [5.74, 6) is 0.218. The fourth-order valence-electron chi connectivity index (χ4n) is 3.15. The second-order valence-electron chi connectivity index (χ2n) is 7.53. The third kappa shape index (κ3) is 3.73. The van der Waals surface area contributed by atoms with Crippen molar-refractivity contribution < 1.29 is 4.79 Å². The van der Waals surface area contributed by atoms with Crippen LogP contribution >= 0.6 is 15.9 Å². The topological polar surface area (TPSA) is 20.3 Å². The molecule has 0 radical (unpaired) electrons. The van der Waals surface area contributed by atoms with Gasteiger partial charge in [0.25, 0.3) is 0 Å². The maximum Gasteiger partial charge on any atom is 0.232 e. The van der Waals surface area contributed by atoms with Gasteiger partial charge >= 0.3 is 0 Å². The van der Waals surface area contributed by atoms with Gasteiger partial charge in [-0.05, 0) is 43.4 Å². The van der Waals surface area contributed by atoms with Crippen molar-refractivity contribution >= 4 is 27.5 Å². The Balaban J connectivity index is 2.23. The van der Waals surface area contributed by atoms with Crippen molar-refractivity contribution in [3.05, 3.63) is 29.3 Å². The summed E-state index contributed by atoms with van der Waals surface area (Å²) in [4.78, 5) is 15.2. The van der Waals surface area contributed by atoms with Crippen molar-refractivity contribution in [2.24, 2.45) is 5.41 Å². The molecule has 1 aromatic rings. The SMILES string of the molecule is CCCC(Br)Cc1ccc2c(c1)CC(C)N2C(=O)C(C)(C)C. The number of anilines is 1. The van der Waals surface area contributed by atoms with E-state index in [1.165, 1.54) is 24.0 Å². The first-order valence-corrected chi connectivity index (χ1v) is 9.25. The van der Waals surface area contributed by atoms with Crippen LogP contribution in [0.2, 0.25) is 0 Å². The third-order valence-electron chi connectivity index (χ3n) is 4.28. The summed E-state index contributed by atoms with van der Waals surface area (Å²) < 4.78 is 0. The van der Waals surface area contributed by atoms with Crippen molar-refractivity contribution in [3.63, 3.8) is 0 Å². The number of nitrogens with zero attached hydrogens (tertiary/aromatic N) is 1. The fourth-order valence-corrected chi connectivity index (χ4v) is 3.98. The zero-order valence-corrected chi connectivity index (χ0v) is 16.0. The molecule has 1 aliphatic heterocycles. The Labute approximate surface area is 143 Å². The van der Waals surface area contributed by atoms with Gasteiger partial charge < -0.3 is 4.90 Å². The van der Waals surface area contributed by atoms with Gasteiger partial charge in [0, 0.05) is 22.0 Å². The number of carbonyl (C=O) groups is 1. The molecule has 22 heavy (non-hydrogen) atoms. The number of rotatable bonds is 4. The maximum atomic E-state index is 12.7. The molecule has 0 aromatic heterocycles. The minimum atomic E-state index is -0.337. The highest BCUT2D eigenvalue weighted by Gasteiger charge is 2.36. The highest BCUT2D eigenvalue weighted by Crippen LogP contribution is 2.36. The van der Waals surface area contributed by atoms with Gasteiger partial charge in [0.1, 0.15) is 0 Å². The first kappa shape index (κ1) is 17.5. The molecule has 2 rings (SSSR count). The zero-order valence-electron chi connectivity index (χ0n) is 14.4. The van der Waals surface area contributed by atoms with E-state index in [1.807, 2.05) is 25.7 Å². The second-order valence-corrected chi connectivity index (χ2v) is 8.83. The zero-order chi connectivity index (χ0) is 16.5. The number of carbonyl (C=O) groups excluding carboxylic acids is 1. The summed E-state index contributed by atoms with van der Waals surface area (Å²) in [7, 11) is 0. The molecule has 2 nitrogen and oxygen atoms in total. The molecule has 0 spiro atoms. The largest absolute Gasteiger partial charge is 0.309 e. The predicted molar refractivity (Wildman–Crippen MR) is 97.9 cm³/mol. The van der Waals surface area contributed by atoms with Crippen LogP contribution in [0.1, 0.15) is 58.6 Å². The number of hydrogen-bond donors (Lipinski definition) is 0. The average Bonchev–Trinajstić information content (AvgIpc) is 2.72.